The monoisotopic (exact) mass is 275 g/mol. The quantitative estimate of drug-likeness (QED) is 0.334. The SMILES string of the molecule is CC(CC(N)=NO)NCc1ccc(C(F)(F)F)cc1. The van der Waals surface area contributed by atoms with E-state index in [1.807, 2.05) is 6.92 Å². The Morgan fingerprint density at radius 1 is 1.37 bits per heavy atom. The number of alkyl halides is 3. The minimum absolute atomic E-state index is 0.0433. The molecular formula is C12H16F3N3O. The number of nitrogens with one attached hydrogen (secondary N) is 1. The molecule has 0 aliphatic rings. The average Bonchev–Trinajstić information content (AvgIpc) is 2.35. The summed E-state index contributed by atoms with van der Waals surface area (Å²) in [6.45, 7) is 2.25. The summed E-state index contributed by atoms with van der Waals surface area (Å²) in [6, 6.07) is 4.90. The topological polar surface area (TPSA) is 70.6 Å². The maximum atomic E-state index is 12.3. The van der Waals surface area contributed by atoms with Gasteiger partial charge in [-0.3, -0.25) is 0 Å². The average molecular weight is 275 g/mol. The van der Waals surface area contributed by atoms with Crippen molar-refractivity contribution in [1.82, 2.24) is 5.32 Å². The fourth-order valence-electron chi connectivity index (χ4n) is 1.53. The first-order chi connectivity index (χ1) is 8.82. The fourth-order valence-corrected chi connectivity index (χ4v) is 1.53. The smallest absolute Gasteiger partial charge is 0.409 e. The van der Waals surface area contributed by atoms with Gasteiger partial charge in [-0.25, -0.2) is 0 Å². The number of benzene rings is 1. The largest absolute Gasteiger partial charge is 0.416 e. The molecule has 0 radical (unpaired) electrons. The van der Waals surface area contributed by atoms with Gasteiger partial charge in [0.2, 0.25) is 0 Å². The molecule has 0 heterocycles. The van der Waals surface area contributed by atoms with Gasteiger partial charge in [-0.15, -0.1) is 0 Å². The first kappa shape index (κ1) is 15.3. The molecule has 4 nitrogen and oxygen atoms in total. The number of hydrogen-bond acceptors (Lipinski definition) is 3. The molecule has 106 valence electrons. The number of nitrogens with zero attached hydrogens (tertiary/aromatic N) is 1. The van der Waals surface area contributed by atoms with Crippen LogP contribution < -0.4 is 11.1 Å². The lowest BCUT2D eigenvalue weighted by atomic mass is 10.1. The second-order valence-corrected chi connectivity index (χ2v) is 4.27. The van der Waals surface area contributed by atoms with Crippen LogP contribution in [0.15, 0.2) is 29.4 Å². The molecule has 0 aliphatic carbocycles. The molecule has 4 N–H and O–H groups in total. The fraction of sp³-hybridized carbons (Fsp3) is 0.417. The third-order valence-electron chi connectivity index (χ3n) is 2.58. The second kappa shape index (κ2) is 6.42. The van der Waals surface area contributed by atoms with Crippen molar-refractivity contribution in [3.05, 3.63) is 35.4 Å². The number of nitrogens with two attached hydrogens (primary N) is 1. The summed E-state index contributed by atoms with van der Waals surface area (Å²) in [5.41, 5.74) is 5.42. The van der Waals surface area contributed by atoms with Gasteiger partial charge in [0.15, 0.2) is 0 Å². The van der Waals surface area contributed by atoms with Crippen molar-refractivity contribution in [3.63, 3.8) is 0 Å². The van der Waals surface area contributed by atoms with Crippen LogP contribution in [0.4, 0.5) is 13.2 Å². The third-order valence-corrected chi connectivity index (χ3v) is 2.58. The predicted molar refractivity (Wildman–Crippen MR) is 65.8 cm³/mol. The van der Waals surface area contributed by atoms with Gasteiger partial charge in [0.05, 0.1) is 5.56 Å². The normalized spacial score (nSPS) is 14.4. The summed E-state index contributed by atoms with van der Waals surface area (Å²) in [7, 11) is 0. The molecule has 0 saturated heterocycles. The molecule has 0 fully saturated rings. The Balaban J connectivity index is 2.50. The van der Waals surface area contributed by atoms with E-state index in [1.165, 1.54) is 12.1 Å². The summed E-state index contributed by atoms with van der Waals surface area (Å²) in [5, 5.41) is 14.3. The van der Waals surface area contributed by atoms with E-state index in [9.17, 15) is 13.2 Å². The van der Waals surface area contributed by atoms with Gasteiger partial charge >= 0.3 is 6.18 Å². The molecule has 7 heteroatoms. The van der Waals surface area contributed by atoms with E-state index in [4.69, 9.17) is 10.9 Å². The first-order valence-electron chi connectivity index (χ1n) is 5.69. The Bertz CT molecular complexity index is 429. The van der Waals surface area contributed by atoms with E-state index in [0.29, 0.717) is 13.0 Å². The molecule has 1 aromatic carbocycles. The van der Waals surface area contributed by atoms with Gasteiger partial charge < -0.3 is 16.3 Å². The minimum atomic E-state index is -4.31. The summed E-state index contributed by atoms with van der Waals surface area (Å²) in [4.78, 5) is 0. The number of rotatable bonds is 5. The zero-order valence-corrected chi connectivity index (χ0v) is 10.4. The number of halogens is 3. The molecule has 0 aliphatic heterocycles. The van der Waals surface area contributed by atoms with Crippen LogP contribution in [-0.2, 0) is 12.7 Å². The van der Waals surface area contributed by atoms with E-state index >= 15 is 0 Å². The number of hydrogen-bond donors (Lipinski definition) is 3. The maximum absolute atomic E-state index is 12.3. The molecule has 1 aromatic rings. The van der Waals surface area contributed by atoms with Crippen LogP contribution in [0.25, 0.3) is 0 Å². The Morgan fingerprint density at radius 3 is 2.42 bits per heavy atom. The predicted octanol–water partition coefficient (Wildman–Crippen LogP) is 2.32. The third kappa shape index (κ3) is 5.17. The van der Waals surface area contributed by atoms with E-state index in [0.717, 1.165) is 17.7 Å². The minimum Gasteiger partial charge on any atom is -0.409 e. The molecule has 0 bridgehead atoms. The van der Waals surface area contributed by atoms with Crippen molar-refractivity contribution in [2.24, 2.45) is 10.9 Å². The van der Waals surface area contributed by atoms with Crippen molar-refractivity contribution in [2.45, 2.75) is 32.1 Å². The van der Waals surface area contributed by atoms with Gasteiger partial charge in [-0.05, 0) is 24.6 Å². The lowest BCUT2D eigenvalue weighted by Gasteiger charge is -2.13. The molecule has 0 aromatic heterocycles. The number of amidine groups is 1. The number of oxime groups is 1. The Kier molecular flexibility index (Phi) is 5.17. The Morgan fingerprint density at radius 2 is 1.95 bits per heavy atom. The lowest BCUT2D eigenvalue weighted by Crippen LogP contribution is -2.30. The Labute approximate surface area is 109 Å². The van der Waals surface area contributed by atoms with Crippen LogP contribution in [0.5, 0.6) is 0 Å². The maximum Gasteiger partial charge on any atom is 0.416 e. The molecule has 0 amide bonds. The highest BCUT2D eigenvalue weighted by Crippen LogP contribution is 2.29. The zero-order chi connectivity index (χ0) is 14.5. The van der Waals surface area contributed by atoms with Crippen molar-refractivity contribution in [2.75, 3.05) is 0 Å². The second-order valence-electron chi connectivity index (χ2n) is 4.27. The van der Waals surface area contributed by atoms with Crippen LogP contribution >= 0.6 is 0 Å². The molecule has 0 saturated carbocycles. The highest BCUT2D eigenvalue weighted by Gasteiger charge is 2.29. The van der Waals surface area contributed by atoms with Gasteiger partial charge in [-0.2, -0.15) is 13.2 Å². The van der Waals surface area contributed by atoms with Crippen LogP contribution in [0.2, 0.25) is 0 Å². The van der Waals surface area contributed by atoms with E-state index in [1.54, 1.807) is 0 Å². The first-order valence-corrected chi connectivity index (χ1v) is 5.69. The van der Waals surface area contributed by atoms with E-state index in [-0.39, 0.29) is 11.9 Å². The Hall–Kier alpha value is -1.76. The van der Waals surface area contributed by atoms with Crippen LogP contribution in [-0.4, -0.2) is 17.1 Å². The summed E-state index contributed by atoms with van der Waals surface area (Å²) < 4.78 is 37.0. The molecule has 1 unspecified atom stereocenters. The molecule has 1 rings (SSSR count). The molecule has 0 spiro atoms. The van der Waals surface area contributed by atoms with Gasteiger partial charge in [-0.1, -0.05) is 17.3 Å². The van der Waals surface area contributed by atoms with Crippen molar-refractivity contribution < 1.29 is 18.4 Å². The highest BCUT2D eigenvalue weighted by atomic mass is 19.4. The summed E-state index contributed by atoms with van der Waals surface area (Å²) in [6.07, 6.45) is -3.96. The van der Waals surface area contributed by atoms with Crippen LogP contribution in [0.3, 0.4) is 0 Å². The van der Waals surface area contributed by atoms with Gasteiger partial charge in [0.25, 0.3) is 0 Å². The molecular weight excluding hydrogens is 259 g/mol. The lowest BCUT2D eigenvalue weighted by molar-refractivity contribution is -0.137. The molecule has 19 heavy (non-hydrogen) atoms. The van der Waals surface area contributed by atoms with E-state index in [2.05, 4.69) is 10.5 Å². The van der Waals surface area contributed by atoms with Crippen molar-refractivity contribution in [3.8, 4) is 0 Å². The highest BCUT2D eigenvalue weighted by molar-refractivity contribution is 5.80. The standard InChI is InChI=1S/C12H16F3N3O/c1-8(6-11(16)18-19)17-7-9-2-4-10(5-3-9)12(13,14)15/h2-5,8,17,19H,6-7H2,1H3,(H2,16,18). The van der Waals surface area contributed by atoms with Gasteiger partial charge in [0.1, 0.15) is 5.84 Å². The van der Waals surface area contributed by atoms with Crippen LogP contribution in [0, 0.1) is 0 Å². The van der Waals surface area contributed by atoms with Gasteiger partial charge in [0, 0.05) is 19.0 Å². The van der Waals surface area contributed by atoms with Crippen LogP contribution in [0.1, 0.15) is 24.5 Å². The zero-order valence-electron chi connectivity index (χ0n) is 10.4. The van der Waals surface area contributed by atoms with Crippen molar-refractivity contribution >= 4 is 5.84 Å². The summed E-state index contributed by atoms with van der Waals surface area (Å²) in [5.74, 6) is 0.104. The van der Waals surface area contributed by atoms with E-state index < -0.39 is 11.7 Å². The molecule has 1 atom stereocenters. The van der Waals surface area contributed by atoms with Crippen molar-refractivity contribution in [1.29, 1.82) is 0 Å². The summed E-state index contributed by atoms with van der Waals surface area (Å²) >= 11 is 0.